The third-order valence-electron chi connectivity index (χ3n) is 2.83. The number of carbonyl (C=O) groups is 1. The number of benzene rings is 1. The molecule has 3 aromatic rings. The summed E-state index contributed by atoms with van der Waals surface area (Å²) in [5.74, 6) is 0.00631. The van der Waals surface area contributed by atoms with Gasteiger partial charge in [0, 0.05) is 0 Å². The van der Waals surface area contributed by atoms with Gasteiger partial charge in [0.25, 0.3) is 5.91 Å². The van der Waals surface area contributed by atoms with Crippen LogP contribution in [0.2, 0.25) is 0 Å². The molecule has 2 heterocycles. The Bertz CT molecular complexity index is 834. The summed E-state index contributed by atoms with van der Waals surface area (Å²) in [6.45, 7) is 0. The fraction of sp³-hybridized carbons (Fsp3) is 0. The Morgan fingerprint density at radius 1 is 1.18 bits per heavy atom. The van der Waals surface area contributed by atoms with Crippen LogP contribution in [0.15, 0.2) is 49.1 Å². The summed E-state index contributed by atoms with van der Waals surface area (Å²) in [6, 6.07) is 11.9. The molecule has 0 saturated carbocycles. The lowest BCUT2D eigenvalue weighted by Gasteiger charge is -2.06. The number of nitrogens with one attached hydrogen (secondary N) is 1. The van der Waals surface area contributed by atoms with E-state index < -0.39 is 5.91 Å². The minimum Gasteiger partial charge on any atom is -0.319 e. The normalized spacial score (nSPS) is 9.95. The molecule has 8 nitrogen and oxygen atoms in total. The van der Waals surface area contributed by atoms with E-state index in [4.69, 9.17) is 5.26 Å². The van der Waals surface area contributed by atoms with Crippen LogP contribution in [0, 0.1) is 11.3 Å². The molecule has 0 bridgehead atoms. The maximum Gasteiger partial charge on any atom is 0.276 e. The third-order valence-corrected chi connectivity index (χ3v) is 2.83. The molecule has 0 radical (unpaired) electrons. The van der Waals surface area contributed by atoms with Gasteiger partial charge in [0.2, 0.25) is 0 Å². The number of hydrogen-bond donors (Lipinski definition) is 1. The highest BCUT2D eigenvalue weighted by Gasteiger charge is 2.11. The first-order chi connectivity index (χ1) is 10.8. The molecule has 3 rings (SSSR count). The number of aromatic nitrogens is 5. The highest BCUT2D eigenvalue weighted by molar-refractivity contribution is 6.03. The molecule has 0 atom stereocenters. The Balaban J connectivity index is 1.80. The molecule has 8 heteroatoms. The average molecular weight is 291 g/mol. The first-order valence-corrected chi connectivity index (χ1v) is 6.27. The van der Waals surface area contributed by atoms with E-state index in [1.807, 2.05) is 6.07 Å². The Kier molecular flexibility index (Phi) is 3.53. The molecule has 0 fully saturated rings. The van der Waals surface area contributed by atoms with Crippen LogP contribution >= 0.6 is 0 Å². The molecule has 0 spiro atoms. The van der Waals surface area contributed by atoms with Gasteiger partial charge in [0.1, 0.15) is 18.7 Å². The standard InChI is InChI=1S/C14H9N7O/c15-7-10-3-1-2-4-11(10)18-14(22)12-5-6-13(20-19-12)21-9-16-8-17-21/h1-6,8-9H,(H,18,22). The number of nitrogens with zero attached hydrogens (tertiary/aromatic N) is 6. The van der Waals surface area contributed by atoms with Crippen LogP contribution in [-0.2, 0) is 0 Å². The van der Waals surface area contributed by atoms with Gasteiger partial charge in [-0.05, 0) is 24.3 Å². The molecular weight excluding hydrogens is 282 g/mol. The number of rotatable bonds is 3. The largest absolute Gasteiger partial charge is 0.319 e. The molecule has 0 unspecified atom stereocenters. The lowest BCUT2D eigenvalue weighted by atomic mass is 10.2. The summed E-state index contributed by atoms with van der Waals surface area (Å²) < 4.78 is 1.43. The van der Waals surface area contributed by atoms with Crippen molar-refractivity contribution in [1.29, 1.82) is 5.26 Å². The van der Waals surface area contributed by atoms with Gasteiger partial charge in [-0.2, -0.15) is 10.4 Å². The average Bonchev–Trinajstić information content (AvgIpc) is 3.10. The monoisotopic (exact) mass is 291 g/mol. The van der Waals surface area contributed by atoms with Crippen molar-refractivity contribution in [3.8, 4) is 11.9 Å². The highest BCUT2D eigenvalue weighted by atomic mass is 16.1. The lowest BCUT2D eigenvalue weighted by molar-refractivity contribution is 0.102. The summed E-state index contributed by atoms with van der Waals surface area (Å²) in [5.41, 5.74) is 0.941. The number of anilines is 1. The van der Waals surface area contributed by atoms with Gasteiger partial charge in [-0.25, -0.2) is 9.67 Å². The summed E-state index contributed by atoms with van der Waals surface area (Å²) in [7, 11) is 0. The van der Waals surface area contributed by atoms with Crippen LogP contribution in [0.1, 0.15) is 16.1 Å². The van der Waals surface area contributed by atoms with Gasteiger partial charge in [0.15, 0.2) is 11.5 Å². The summed E-state index contributed by atoms with van der Waals surface area (Å²) in [6.07, 6.45) is 2.86. The molecule has 22 heavy (non-hydrogen) atoms. The summed E-state index contributed by atoms with van der Waals surface area (Å²) in [4.78, 5) is 15.9. The zero-order valence-corrected chi connectivity index (χ0v) is 11.2. The second kappa shape index (κ2) is 5.80. The van der Waals surface area contributed by atoms with Crippen molar-refractivity contribution in [2.45, 2.75) is 0 Å². The smallest absolute Gasteiger partial charge is 0.276 e. The van der Waals surface area contributed by atoms with Crippen LogP contribution in [0.4, 0.5) is 5.69 Å². The van der Waals surface area contributed by atoms with Crippen molar-refractivity contribution < 1.29 is 4.79 Å². The van der Waals surface area contributed by atoms with Crippen LogP contribution < -0.4 is 5.32 Å². The molecule has 0 saturated heterocycles. The molecule has 1 amide bonds. The van der Waals surface area contributed by atoms with Gasteiger partial charge >= 0.3 is 0 Å². The number of nitriles is 1. The van der Waals surface area contributed by atoms with Gasteiger partial charge in [-0.1, -0.05) is 12.1 Å². The topological polar surface area (TPSA) is 109 Å². The van der Waals surface area contributed by atoms with E-state index in [9.17, 15) is 4.79 Å². The Morgan fingerprint density at radius 2 is 2.05 bits per heavy atom. The molecule has 0 aliphatic heterocycles. The van der Waals surface area contributed by atoms with Crippen LogP contribution in [0.3, 0.4) is 0 Å². The minimum atomic E-state index is -0.444. The zero-order chi connectivity index (χ0) is 15.4. The SMILES string of the molecule is N#Cc1ccccc1NC(=O)c1ccc(-n2cncn2)nn1. The van der Waals surface area contributed by atoms with Crippen LogP contribution in [-0.4, -0.2) is 30.9 Å². The van der Waals surface area contributed by atoms with E-state index in [2.05, 4.69) is 25.6 Å². The Morgan fingerprint density at radius 3 is 2.73 bits per heavy atom. The molecule has 106 valence electrons. The van der Waals surface area contributed by atoms with Gasteiger partial charge in [-0.15, -0.1) is 10.2 Å². The van der Waals surface area contributed by atoms with Crippen LogP contribution in [0.25, 0.3) is 5.82 Å². The van der Waals surface area contributed by atoms with E-state index in [0.717, 1.165) is 0 Å². The lowest BCUT2D eigenvalue weighted by Crippen LogP contribution is -2.15. The second-order valence-electron chi connectivity index (χ2n) is 4.23. The molecular formula is C14H9N7O. The first kappa shape index (κ1) is 13.4. The van der Waals surface area contributed by atoms with Crippen molar-refractivity contribution >= 4 is 11.6 Å². The highest BCUT2D eigenvalue weighted by Crippen LogP contribution is 2.14. The maximum atomic E-state index is 12.1. The molecule has 1 aromatic carbocycles. The van der Waals surface area contributed by atoms with Gasteiger partial charge in [0.05, 0.1) is 11.3 Å². The zero-order valence-electron chi connectivity index (χ0n) is 11.2. The van der Waals surface area contributed by atoms with Crippen molar-refractivity contribution in [2.75, 3.05) is 5.32 Å². The van der Waals surface area contributed by atoms with Crippen molar-refractivity contribution in [3.63, 3.8) is 0 Å². The predicted octanol–water partition coefficient (Wildman–Crippen LogP) is 1.18. The predicted molar refractivity (Wildman–Crippen MR) is 76.1 cm³/mol. The van der Waals surface area contributed by atoms with E-state index in [-0.39, 0.29) is 5.69 Å². The Labute approximate surface area is 125 Å². The quantitative estimate of drug-likeness (QED) is 0.776. The van der Waals surface area contributed by atoms with E-state index in [0.29, 0.717) is 17.1 Å². The number of para-hydroxylation sites is 1. The number of amides is 1. The fourth-order valence-electron chi connectivity index (χ4n) is 1.77. The van der Waals surface area contributed by atoms with Gasteiger partial charge in [-0.3, -0.25) is 4.79 Å². The second-order valence-corrected chi connectivity index (χ2v) is 4.23. The number of hydrogen-bond acceptors (Lipinski definition) is 6. The first-order valence-electron chi connectivity index (χ1n) is 6.27. The Hall–Kier alpha value is -3.60. The molecule has 2 aromatic heterocycles. The van der Waals surface area contributed by atoms with E-state index >= 15 is 0 Å². The minimum absolute atomic E-state index is 0.136. The molecule has 0 aliphatic rings. The van der Waals surface area contributed by atoms with E-state index in [1.54, 1.807) is 30.3 Å². The van der Waals surface area contributed by atoms with Gasteiger partial charge < -0.3 is 5.32 Å². The molecule has 1 N–H and O–H groups in total. The van der Waals surface area contributed by atoms with Crippen molar-refractivity contribution in [3.05, 3.63) is 60.3 Å². The number of carbonyl (C=O) groups excluding carboxylic acids is 1. The van der Waals surface area contributed by atoms with E-state index in [1.165, 1.54) is 23.4 Å². The fourth-order valence-corrected chi connectivity index (χ4v) is 1.77. The molecule has 0 aliphatic carbocycles. The van der Waals surface area contributed by atoms with Crippen molar-refractivity contribution in [1.82, 2.24) is 25.0 Å². The third kappa shape index (κ3) is 2.64. The summed E-state index contributed by atoms with van der Waals surface area (Å²) in [5, 5.41) is 23.3. The van der Waals surface area contributed by atoms with Crippen LogP contribution in [0.5, 0.6) is 0 Å². The van der Waals surface area contributed by atoms with Crippen molar-refractivity contribution in [2.24, 2.45) is 0 Å². The summed E-state index contributed by atoms with van der Waals surface area (Å²) >= 11 is 0. The maximum absolute atomic E-state index is 12.1.